The third-order valence-electron chi connectivity index (χ3n) is 3.43. The molecule has 0 saturated carbocycles. The van der Waals surface area contributed by atoms with Gasteiger partial charge in [0.05, 0.1) is 0 Å². The Morgan fingerprint density at radius 3 is 2.20 bits per heavy atom. The van der Waals surface area contributed by atoms with Crippen molar-refractivity contribution in [1.82, 2.24) is 10.2 Å². The van der Waals surface area contributed by atoms with E-state index in [1.807, 2.05) is 6.07 Å². The van der Waals surface area contributed by atoms with E-state index in [0.717, 1.165) is 5.56 Å². The van der Waals surface area contributed by atoms with Gasteiger partial charge in [0.2, 0.25) is 11.8 Å². The van der Waals surface area contributed by atoms with Crippen molar-refractivity contribution in [1.29, 1.82) is 0 Å². The molecule has 0 saturated heterocycles. The smallest absolute Gasteiger partial charge is 0.247 e. The first-order valence-electron chi connectivity index (χ1n) is 6.62. The fourth-order valence-corrected chi connectivity index (χ4v) is 2.39. The highest BCUT2D eigenvalue weighted by Gasteiger charge is 2.09. The Kier molecular flexibility index (Phi) is 3.11. The van der Waals surface area contributed by atoms with Crippen LogP contribution in [0.25, 0.3) is 22.6 Å². The molecule has 100 valence electrons. The first-order chi connectivity index (χ1) is 9.65. The molecule has 0 spiro atoms. The highest BCUT2D eigenvalue weighted by Crippen LogP contribution is 2.29. The molecule has 0 bridgehead atoms. The van der Waals surface area contributed by atoms with Crippen LogP contribution in [0.2, 0.25) is 0 Å². The largest absolute Gasteiger partial charge is 0.421 e. The van der Waals surface area contributed by atoms with E-state index < -0.39 is 0 Å². The van der Waals surface area contributed by atoms with Crippen molar-refractivity contribution < 1.29 is 4.42 Å². The van der Waals surface area contributed by atoms with Gasteiger partial charge in [-0.05, 0) is 48.2 Å². The second kappa shape index (κ2) is 4.93. The van der Waals surface area contributed by atoms with Crippen LogP contribution >= 0.6 is 0 Å². The van der Waals surface area contributed by atoms with E-state index in [1.165, 1.54) is 22.3 Å². The van der Waals surface area contributed by atoms with E-state index in [2.05, 4.69) is 60.4 Å². The normalized spacial score (nSPS) is 10.8. The number of benzene rings is 2. The molecule has 0 N–H and O–H groups in total. The Morgan fingerprint density at radius 2 is 1.55 bits per heavy atom. The topological polar surface area (TPSA) is 38.9 Å². The van der Waals surface area contributed by atoms with E-state index in [-0.39, 0.29) is 0 Å². The van der Waals surface area contributed by atoms with Gasteiger partial charge in [0.25, 0.3) is 0 Å². The summed E-state index contributed by atoms with van der Waals surface area (Å²) in [5, 5.41) is 7.93. The van der Waals surface area contributed by atoms with Crippen LogP contribution in [-0.4, -0.2) is 10.2 Å². The fourth-order valence-electron chi connectivity index (χ4n) is 2.39. The Morgan fingerprint density at radius 1 is 0.800 bits per heavy atom. The summed E-state index contributed by atoms with van der Waals surface area (Å²) < 4.78 is 5.47. The second-order valence-corrected chi connectivity index (χ2v) is 4.97. The summed E-state index contributed by atoms with van der Waals surface area (Å²) in [6.45, 7) is 6.03. The Bertz CT molecular complexity index is 759. The monoisotopic (exact) mass is 264 g/mol. The van der Waals surface area contributed by atoms with Gasteiger partial charge < -0.3 is 4.42 Å². The van der Waals surface area contributed by atoms with Crippen LogP contribution in [0, 0.1) is 20.8 Å². The lowest BCUT2D eigenvalue weighted by Crippen LogP contribution is -1.88. The van der Waals surface area contributed by atoms with Gasteiger partial charge in [-0.1, -0.05) is 30.3 Å². The summed E-state index contributed by atoms with van der Waals surface area (Å²) in [5.74, 6) is 1.16. The SMILES string of the molecule is Cc1nnc(-c2ccc(-c3ccccc3C)c(C)c2)o1. The Hall–Kier alpha value is -2.42. The molecule has 20 heavy (non-hydrogen) atoms. The van der Waals surface area contributed by atoms with E-state index in [1.54, 1.807) is 6.92 Å². The van der Waals surface area contributed by atoms with Crippen molar-refractivity contribution in [3.05, 3.63) is 59.5 Å². The maximum absolute atomic E-state index is 5.47. The molecule has 0 aliphatic rings. The highest BCUT2D eigenvalue weighted by atomic mass is 16.4. The predicted molar refractivity (Wildman–Crippen MR) is 79.4 cm³/mol. The second-order valence-electron chi connectivity index (χ2n) is 4.97. The fraction of sp³-hybridized carbons (Fsp3) is 0.176. The summed E-state index contributed by atoms with van der Waals surface area (Å²) in [4.78, 5) is 0. The van der Waals surface area contributed by atoms with Crippen molar-refractivity contribution in [3.8, 4) is 22.6 Å². The molecule has 3 aromatic rings. The van der Waals surface area contributed by atoms with Gasteiger partial charge in [-0.25, -0.2) is 0 Å². The maximum Gasteiger partial charge on any atom is 0.247 e. The number of aryl methyl sites for hydroxylation is 3. The van der Waals surface area contributed by atoms with Gasteiger partial charge in [-0.2, -0.15) is 0 Å². The van der Waals surface area contributed by atoms with Crippen molar-refractivity contribution in [2.24, 2.45) is 0 Å². The Labute approximate surface area is 118 Å². The zero-order chi connectivity index (χ0) is 14.1. The minimum absolute atomic E-state index is 0.571. The molecule has 0 amide bonds. The van der Waals surface area contributed by atoms with Crippen molar-refractivity contribution in [3.63, 3.8) is 0 Å². The summed E-state index contributed by atoms with van der Waals surface area (Å²) in [6.07, 6.45) is 0. The van der Waals surface area contributed by atoms with Crippen molar-refractivity contribution in [2.75, 3.05) is 0 Å². The van der Waals surface area contributed by atoms with Crippen LogP contribution in [-0.2, 0) is 0 Å². The molecule has 1 aromatic heterocycles. The summed E-state index contributed by atoms with van der Waals surface area (Å²) in [5.41, 5.74) is 5.94. The lowest BCUT2D eigenvalue weighted by Gasteiger charge is -2.10. The highest BCUT2D eigenvalue weighted by molar-refractivity contribution is 5.73. The molecule has 0 radical (unpaired) electrons. The number of nitrogens with zero attached hydrogens (tertiary/aromatic N) is 2. The van der Waals surface area contributed by atoms with E-state index in [4.69, 9.17) is 4.42 Å². The van der Waals surface area contributed by atoms with Crippen LogP contribution in [0.1, 0.15) is 17.0 Å². The number of hydrogen-bond acceptors (Lipinski definition) is 3. The summed E-state index contributed by atoms with van der Waals surface area (Å²) in [7, 11) is 0. The minimum atomic E-state index is 0.571. The van der Waals surface area contributed by atoms with E-state index in [9.17, 15) is 0 Å². The van der Waals surface area contributed by atoms with Crippen molar-refractivity contribution >= 4 is 0 Å². The predicted octanol–water partition coefficient (Wildman–Crippen LogP) is 4.33. The van der Waals surface area contributed by atoms with Gasteiger partial charge in [-0.15, -0.1) is 10.2 Å². The first-order valence-corrected chi connectivity index (χ1v) is 6.62. The van der Waals surface area contributed by atoms with Crippen LogP contribution in [0.3, 0.4) is 0 Å². The summed E-state index contributed by atoms with van der Waals surface area (Å²) >= 11 is 0. The number of rotatable bonds is 2. The van der Waals surface area contributed by atoms with Gasteiger partial charge in [-0.3, -0.25) is 0 Å². The van der Waals surface area contributed by atoms with E-state index in [0.29, 0.717) is 11.8 Å². The third-order valence-corrected chi connectivity index (χ3v) is 3.43. The lowest BCUT2D eigenvalue weighted by molar-refractivity contribution is 0.533. The molecule has 0 unspecified atom stereocenters. The molecular weight excluding hydrogens is 248 g/mol. The molecule has 3 nitrogen and oxygen atoms in total. The average molecular weight is 264 g/mol. The molecule has 3 heteroatoms. The quantitative estimate of drug-likeness (QED) is 0.691. The summed E-state index contributed by atoms with van der Waals surface area (Å²) in [6, 6.07) is 14.6. The van der Waals surface area contributed by atoms with Crippen LogP contribution in [0.5, 0.6) is 0 Å². The third kappa shape index (κ3) is 2.23. The molecule has 0 aliphatic heterocycles. The molecule has 2 aromatic carbocycles. The minimum Gasteiger partial charge on any atom is -0.421 e. The molecule has 3 rings (SSSR count). The average Bonchev–Trinajstić information content (AvgIpc) is 2.86. The van der Waals surface area contributed by atoms with E-state index >= 15 is 0 Å². The number of aromatic nitrogens is 2. The van der Waals surface area contributed by atoms with Gasteiger partial charge in [0, 0.05) is 12.5 Å². The zero-order valence-electron chi connectivity index (χ0n) is 11.8. The van der Waals surface area contributed by atoms with Gasteiger partial charge in [0.15, 0.2) is 0 Å². The molecule has 0 aliphatic carbocycles. The van der Waals surface area contributed by atoms with Gasteiger partial charge in [0.1, 0.15) is 0 Å². The van der Waals surface area contributed by atoms with Gasteiger partial charge >= 0.3 is 0 Å². The zero-order valence-corrected chi connectivity index (χ0v) is 11.8. The molecule has 1 heterocycles. The van der Waals surface area contributed by atoms with Crippen LogP contribution < -0.4 is 0 Å². The van der Waals surface area contributed by atoms with Crippen molar-refractivity contribution in [2.45, 2.75) is 20.8 Å². The maximum atomic E-state index is 5.47. The van der Waals surface area contributed by atoms with Crippen LogP contribution in [0.15, 0.2) is 46.9 Å². The molecule has 0 fully saturated rings. The molecule has 0 atom stereocenters. The standard InChI is InChI=1S/C17H16N2O/c1-11-6-4-5-7-15(11)16-9-8-14(10-12(16)2)17-19-18-13(3)20-17/h4-10H,1-3H3. The lowest BCUT2D eigenvalue weighted by atomic mass is 9.95. The van der Waals surface area contributed by atoms with Crippen LogP contribution in [0.4, 0.5) is 0 Å². The first kappa shape index (κ1) is 12.6. The molecular formula is C17H16N2O. The number of hydrogen-bond donors (Lipinski definition) is 0. The Balaban J connectivity index is 2.06.